The minimum absolute atomic E-state index is 0.568. The Morgan fingerprint density at radius 3 is 2.53 bits per heavy atom. The smallest absolute Gasteiger partial charge is 0.191 e. The molecule has 0 fully saturated rings. The summed E-state index contributed by atoms with van der Waals surface area (Å²) in [7, 11) is 0. The van der Waals surface area contributed by atoms with E-state index in [9.17, 15) is 0 Å². The van der Waals surface area contributed by atoms with Gasteiger partial charge in [-0.2, -0.15) is 0 Å². The van der Waals surface area contributed by atoms with E-state index in [-0.39, 0.29) is 0 Å². The lowest BCUT2D eigenvalue weighted by Gasteiger charge is -2.12. The Kier molecular flexibility index (Phi) is 8.26. The Labute approximate surface area is 178 Å². The second-order valence-electron chi connectivity index (χ2n) is 6.83. The average molecular weight is 407 g/mol. The molecule has 2 N–H and O–H groups in total. The monoisotopic (exact) mass is 406 g/mol. The van der Waals surface area contributed by atoms with Gasteiger partial charge in [-0.25, -0.2) is 4.99 Å². The molecule has 0 radical (unpaired) electrons. The Bertz CT molecular complexity index is 905. The molecule has 0 spiro atoms. The number of benzene rings is 2. The second-order valence-corrected chi connectivity index (χ2v) is 6.83. The van der Waals surface area contributed by atoms with Crippen LogP contribution in [0.2, 0.25) is 0 Å². The molecule has 3 rings (SSSR count). The van der Waals surface area contributed by atoms with Crippen molar-refractivity contribution in [1.29, 1.82) is 0 Å². The van der Waals surface area contributed by atoms with Crippen molar-refractivity contribution in [2.24, 2.45) is 4.99 Å². The van der Waals surface area contributed by atoms with Gasteiger partial charge in [0, 0.05) is 26.1 Å². The van der Waals surface area contributed by atoms with Crippen LogP contribution in [0.3, 0.4) is 0 Å². The number of nitrogens with zero attached hydrogens (tertiary/aromatic N) is 4. The van der Waals surface area contributed by atoms with Gasteiger partial charge >= 0.3 is 0 Å². The summed E-state index contributed by atoms with van der Waals surface area (Å²) in [5.41, 5.74) is 2.29. The molecule has 0 saturated carbocycles. The van der Waals surface area contributed by atoms with Crippen LogP contribution in [0, 0.1) is 0 Å². The lowest BCUT2D eigenvalue weighted by molar-refractivity contribution is 0.306. The molecule has 0 atom stereocenters. The van der Waals surface area contributed by atoms with Crippen molar-refractivity contribution in [2.75, 3.05) is 13.1 Å². The van der Waals surface area contributed by atoms with Crippen molar-refractivity contribution >= 4 is 5.96 Å². The molecule has 1 heterocycles. The van der Waals surface area contributed by atoms with Crippen LogP contribution in [0.5, 0.6) is 5.75 Å². The van der Waals surface area contributed by atoms with Crippen LogP contribution in [0.4, 0.5) is 0 Å². The van der Waals surface area contributed by atoms with Crippen LogP contribution in [0.15, 0.2) is 65.9 Å². The molecular weight excluding hydrogens is 376 g/mol. The topological polar surface area (TPSA) is 76.4 Å². The summed E-state index contributed by atoms with van der Waals surface area (Å²) in [4.78, 5) is 4.68. The molecular formula is C23H30N6O. The fourth-order valence-corrected chi connectivity index (χ4v) is 2.98. The van der Waals surface area contributed by atoms with E-state index in [4.69, 9.17) is 4.74 Å². The average Bonchev–Trinajstić information content (AvgIpc) is 3.25. The molecule has 0 unspecified atom stereocenters. The van der Waals surface area contributed by atoms with E-state index in [2.05, 4.69) is 68.5 Å². The maximum absolute atomic E-state index is 5.85. The first-order valence-electron chi connectivity index (χ1n) is 10.4. The third kappa shape index (κ3) is 6.62. The summed E-state index contributed by atoms with van der Waals surface area (Å²) in [5.74, 6) is 2.65. The Balaban J connectivity index is 1.48. The van der Waals surface area contributed by atoms with Gasteiger partial charge < -0.3 is 19.9 Å². The molecule has 30 heavy (non-hydrogen) atoms. The van der Waals surface area contributed by atoms with E-state index >= 15 is 0 Å². The van der Waals surface area contributed by atoms with Crippen molar-refractivity contribution in [2.45, 2.75) is 40.0 Å². The van der Waals surface area contributed by atoms with Crippen LogP contribution in [-0.2, 0) is 26.1 Å². The third-order valence-electron chi connectivity index (χ3n) is 4.59. The van der Waals surface area contributed by atoms with Crippen LogP contribution >= 0.6 is 0 Å². The molecule has 0 aliphatic rings. The summed E-state index contributed by atoms with van der Waals surface area (Å²) >= 11 is 0. The normalized spacial score (nSPS) is 11.3. The van der Waals surface area contributed by atoms with Gasteiger partial charge in [0.1, 0.15) is 24.5 Å². The molecule has 3 aromatic rings. The highest BCUT2D eigenvalue weighted by Gasteiger charge is 2.03. The predicted molar refractivity (Wildman–Crippen MR) is 119 cm³/mol. The zero-order chi connectivity index (χ0) is 21.0. The zero-order valence-corrected chi connectivity index (χ0v) is 17.7. The number of ether oxygens (including phenoxy) is 1. The fourth-order valence-electron chi connectivity index (χ4n) is 2.98. The van der Waals surface area contributed by atoms with E-state index < -0.39 is 0 Å². The van der Waals surface area contributed by atoms with Gasteiger partial charge in [0.2, 0.25) is 0 Å². The highest BCUT2D eigenvalue weighted by molar-refractivity contribution is 5.79. The van der Waals surface area contributed by atoms with Gasteiger partial charge in [-0.3, -0.25) is 0 Å². The van der Waals surface area contributed by atoms with Gasteiger partial charge in [-0.15, -0.1) is 10.2 Å². The van der Waals surface area contributed by atoms with Crippen LogP contribution in [0.1, 0.15) is 30.8 Å². The maximum atomic E-state index is 5.85. The molecule has 7 nitrogen and oxygen atoms in total. The molecule has 0 bridgehead atoms. The second kappa shape index (κ2) is 11.6. The minimum Gasteiger partial charge on any atom is -0.489 e. The van der Waals surface area contributed by atoms with Crippen molar-refractivity contribution in [1.82, 2.24) is 25.4 Å². The van der Waals surface area contributed by atoms with E-state index in [1.165, 1.54) is 0 Å². The van der Waals surface area contributed by atoms with Crippen molar-refractivity contribution in [3.8, 4) is 5.75 Å². The number of aryl methyl sites for hydroxylation is 1. The Hall–Kier alpha value is -3.35. The zero-order valence-electron chi connectivity index (χ0n) is 17.7. The quantitative estimate of drug-likeness (QED) is 0.399. The number of aromatic nitrogens is 3. The standard InChI is InChI=1S/C23H30N6O/c1-3-22-28-27-18-29(22)15-14-25-23(24-4-2)26-16-19-10-12-21(13-11-19)30-17-20-8-6-5-7-9-20/h5-13,18H,3-4,14-17H2,1-2H3,(H2,24,25,26). The molecule has 0 saturated heterocycles. The summed E-state index contributed by atoms with van der Waals surface area (Å²) in [6.45, 7) is 7.67. The number of nitrogens with one attached hydrogen (secondary N) is 2. The van der Waals surface area contributed by atoms with Crippen LogP contribution in [-0.4, -0.2) is 33.8 Å². The van der Waals surface area contributed by atoms with Crippen molar-refractivity contribution in [3.05, 3.63) is 77.9 Å². The molecule has 1 aromatic heterocycles. The molecule has 0 aliphatic heterocycles. The number of rotatable bonds is 10. The van der Waals surface area contributed by atoms with Gasteiger partial charge in [-0.05, 0) is 30.2 Å². The molecule has 2 aromatic carbocycles. The molecule has 7 heteroatoms. The summed E-state index contributed by atoms with van der Waals surface area (Å²) in [6.07, 6.45) is 2.64. The van der Waals surface area contributed by atoms with Gasteiger partial charge in [0.05, 0.1) is 6.54 Å². The van der Waals surface area contributed by atoms with Crippen LogP contribution < -0.4 is 15.4 Å². The van der Waals surface area contributed by atoms with Gasteiger partial charge in [0.25, 0.3) is 0 Å². The van der Waals surface area contributed by atoms with E-state index in [1.54, 1.807) is 6.33 Å². The summed E-state index contributed by atoms with van der Waals surface area (Å²) in [5, 5.41) is 14.7. The van der Waals surface area contributed by atoms with E-state index in [0.29, 0.717) is 13.2 Å². The van der Waals surface area contributed by atoms with Gasteiger partial charge in [-0.1, -0.05) is 49.4 Å². The fraction of sp³-hybridized carbons (Fsp3) is 0.348. The largest absolute Gasteiger partial charge is 0.489 e. The van der Waals surface area contributed by atoms with Crippen molar-refractivity contribution < 1.29 is 4.74 Å². The lowest BCUT2D eigenvalue weighted by Crippen LogP contribution is -2.38. The minimum atomic E-state index is 0.568. The first-order valence-corrected chi connectivity index (χ1v) is 10.4. The maximum Gasteiger partial charge on any atom is 0.191 e. The van der Waals surface area contributed by atoms with E-state index in [1.807, 2.05) is 30.3 Å². The number of aliphatic imine (C=N–C) groups is 1. The molecule has 0 amide bonds. The number of hydrogen-bond donors (Lipinski definition) is 2. The van der Waals surface area contributed by atoms with Crippen LogP contribution in [0.25, 0.3) is 0 Å². The molecule has 0 aliphatic carbocycles. The summed E-state index contributed by atoms with van der Waals surface area (Å²) in [6, 6.07) is 18.3. The Morgan fingerprint density at radius 1 is 1.00 bits per heavy atom. The Morgan fingerprint density at radius 2 is 1.80 bits per heavy atom. The SMILES string of the molecule is CCNC(=NCc1ccc(OCc2ccccc2)cc1)NCCn1cnnc1CC. The van der Waals surface area contributed by atoms with Gasteiger partial charge in [0.15, 0.2) is 5.96 Å². The number of hydrogen-bond acceptors (Lipinski definition) is 4. The first kappa shape index (κ1) is 21.4. The first-order chi connectivity index (χ1) is 14.8. The highest BCUT2D eigenvalue weighted by atomic mass is 16.5. The lowest BCUT2D eigenvalue weighted by atomic mass is 10.2. The third-order valence-corrected chi connectivity index (χ3v) is 4.59. The predicted octanol–water partition coefficient (Wildman–Crippen LogP) is 3.17. The summed E-state index contributed by atoms with van der Waals surface area (Å²) < 4.78 is 7.91. The molecule has 158 valence electrons. The highest BCUT2D eigenvalue weighted by Crippen LogP contribution is 2.14. The van der Waals surface area contributed by atoms with Crippen molar-refractivity contribution in [3.63, 3.8) is 0 Å². The van der Waals surface area contributed by atoms with E-state index in [0.717, 1.165) is 54.7 Å². The number of guanidine groups is 1.